The zero-order chi connectivity index (χ0) is 13.5. The predicted molar refractivity (Wildman–Crippen MR) is 75.8 cm³/mol. The molecule has 1 rings (SSSR count). The standard InChI is InChI=1S/C10H11Cl2N3O2S/c1-17-5-9(16)14-15-10(18)13-8-3-2-6(11)4-7(8)12/h2-4H,5H2,1H3,(H,14,16)(H2,13,15,18). The number of rotatable bonds is 3. The molecule has 1 aromatic rings. The Bertz CT molecular complexity index is 457. The van der Waals surface area contributed by atoms with E-state index in [0.717, 1.165) is 0 Å². The lowest BCUT2D eigenvalue weighted by atomic mass is 10.3. The van der Waals surface area contributed by atoms with Gasteiger partial charge in [-0.3, -0.25) is 15.6 Å². The van der Waals surface area contributed by atoms with Crippen molar-refractivity contribution in [2.45, 2.75) is 0 Å². The van der Waals surface area contributed by atoms with Crippen LogP contribution < -0.4 is 16.2 Å². The van der Waals surface area contributed by atoms with Crippen molar-refractivity contribution >= 4 is 52.1 Å². The summed E-state index contributed by atoms with van der Waals surface area (Å²) < 4.78 is 4.63. The third kappa shape index (κ3) is 5.05. The van der Waals surface area contributed by atoms with E-state index in [2.05, 4.69) is 20.9 Å². The van der Waals surface area contributed by atoms with E-state index in [1.807, 2.05) is 0 Å². The Hall–Kier alpha value is -1.08. The zero-order valence-electron chi connectivity index (χ0n) is 9.42. The van der Waals surface area contributed by atoms with Gasteiger partial charge in [-0.2, -0.15) is 0 Å². The number of benzene rings is 1. The van der Waals surface area contributed by atoms with Crippen molar-refractivity contribution in [2.75, 3.05) is 19.0 Å². The van der Waals surface area contributed by atoms with E-state index in [9.17, 15) is 4.79 Å². The van der Waals surface area contributed by atoms with Crippen LogP contribution in [0.15, 0.2) is 18.2 Å². The maximum absolute atomic E-state index is 11.1. The molecule has 0 spiro atoms. The largest absolute Gasteiger partial charge is 0.375 e. The van der Waals surface area contributed by atoms with Crippen molar-refractivity contribution < 1.29 is 9.53 Å². The quantitative estimate of drug-likeness (QED) is 0.588. The van der Waals surface area contributed by atoms with E-state index in [4.69, 9.17) is 35.4 Å². The highest BCUT2D eigenvalue weighted by atomic mass is 35.5. The van der Waals surface area contributed by atoms with Gasteiger partial charge in [0, 0.05) is 12.1 Å². The van der Waals surface area contributed by atoms with Gasteiger partial charge in [0.05, 0.1) is 10.7 Å². The number of carbonyl (C=O) groups excluding carboxylic acids is 1. The number of hydrogen-bond acceptors (Lipinski definition) is 3. The number of methoxy groups -OCH3 is 1. The molecule has 0 aliphatic heterocycles. The first-order valence-electron chi connectivity index (χ1n) is 4.82. The van der Waals surface area contributed by atoms with E-state index in [0.29, 0.717) is 15.7 Å². The predicted octanol–water partition coefficient (Wildman–Crippen LogP) is 1.96. The molecule has 8 heteroatoms. The number of nitrogens with one attached hydrogen (secondary N) is 3. The first kappa shape index (κ1) is 15.0. The van der Waals surface area contributed by atoms with E-state index >= 15 is 0 Å². The Morgan fingerprint density at radius 3 is 2.72 bits per heavy atom. The minimum Gasteiger partial charge on any atom is -0.375 e. The normalized spacial score (nSPS) is 9.72. The van der Waals surface area contributed by atoms with Crippen molar-refractivity contribution in [1.82, 2.24) is 10.9 Å². The summed E-state index contributed by atoms with van der Waals surface area (Å²) >= 11 is 16.7. The van der Waals surface area contributed by atoms with Crippen LogP contribution in [0.2, 0.25) is 10.0 Å². The molecule has 3 N–H and O–H groups in total. The van der Waals surface area contributed by atoms with Crippen LogP contribution in [0.25, 0.3) is 0 Å². The van der Waals surface area contributed by atoms with Crippen molar-refractivity contribution in [2.24, 2.45) is 0 Å². The fraction of sp³-hybridized carbons (Fsp3) is 0.200. The topological polar surface area (TPSA) is 62.4 Å². The summed E-state index contributed by atoms with van der Waals surface area (Å²) in [4.78, 5) is 11.1. The Labute approximate surface area is 120 Å². The van der Waals surface area contributed by atoms with Gasteiger partial charge in [0.15, 0.2) is 5.11 Å². The van der Waals surface area contributed by atoms with E-state index in [-0.39, 0.29) is 17.6 Å². The second-order valence-electron chi connectivity index (χ2n) is 3.18. The molecule has 0 aromatic heterocycles. The van der Waals surface area contributed by atoms with Gasteiger partial charge in [-0.05, 0) is 30.4 Å². The Kier molecular flexibility index (Phi) is 6.14. The summed E-state index contributed by atoms with van der Waals surface area (Å²) in [5.74, 6) is -0.344. The lowest BCUT2D eigenvalue weighted by molar-refractivity contribution is -0.125. The van der Waals surface area contributed by atoms with Crippen LogP contribution >= 0.6 is 35.4 Å². The maximum Gasteiger partial charge on any atom is 0.264 e. The average Bonchev–Trinajstić information content (AvgIpc) is 2.31. The van der Waals surface area contributed by atoms with Crippen LogP contribution in [0.1, 0.15) is 0 Å². The molecular weight excluding hydrogens is 297 g/mol. The first-order chi connectivity index (χ1) is 8.52. The van der Waals surface area contributed by atoms with Crippen molar-refractivity contribution in [1.29, 1.82) is 0 Å². The maximum atomic E-state index is 11.1. The van der Waals surface area contributed by atoms with Crippen LogP contribution in [-0.4, -0.2) is 24.7 Å². The summed E-state index contributed by atoms with van der Waals surface area (Å²) in [6.07, 6.45) is 0. The molecular formula is C10H11Cl2N3O2S. The number of thiocarbonyl (C=S) groups is 1. The van der Waals surface area contributed by atoms with Gasteiger partial charge in [-0.15, -0.1) is 0 Å². The number of hydrogen-bond donors (Lipinski definition) is 3. The minimum absolute atomic E-state index is 0.0582. The van der Waals surface area contributed by atoms with Crippen LogP contribution in [-0.2, 0) is 9.53 Å². The number of ether oxygens (including phenoxy) is 1. The second kappa shape index (κ2) is 7.38. The van der Waals surface area contributed by atoms with Crippen molar-refractivity contribution in [3.63, 3.8) is 0 Å². The summed E-state index contributed by atoms with van der Waals surface area (Å²) in [5.41, 5.74) is 5.44. The summed E-state index contributed by atoms with van der Waals surface area (Å²) in [6, 6.07) is 4.93. The molecule has 5 nitrogen and oxygen atoms in total. The summed E-state index contributed by atoms with van der Waals surface area (Å²) in [6.45, 7) is -0.0582. The number of hydrazine groups is 1. The molecule has 0 radical (unpaired) electrons. The molecule has 0 aliphatic carbocycles. The summed E-state index contributed by atoms with van der Waals surface area (Å²) in [7, 11) is 1.42. The highest BCUT2D eigenvalue weighted by molar-refractivity contribution is 7.80. The Balaban J connectivity index is 2.47. The highest BCUT2D eigenvalue weighted by Gasteiger charge is 2.04. The van der Waals surface area contributed by atoms with E-state index in [1.54, 1.807) is 18.2 Å². The Morgan fingerprint density at radius 2 is 2.11 bits per heavy atom. The van der Waals surface area contributed by atoms with Gasteiger partial charge in [0.1, 0.15) is 6.61 Å². The lowest BCUT2D eigenvalue weighted by Gasteiger charge is -2.12. The number of halogens is 2. The molecule has 0 atom stereocenters. The molecule has 0 aliphatic rings. The average molecular weight is 308 g/mol. The SMILES string of the molecule is COCC(=O)NNC(=S)Nc1ccc(Cl)cc1Cl. The molecule has 0 unspecified atom stereocenters. The molecule has 18 heavy (non-hydrogen) atoms. The monoisotopic (exact) mass is 307 g/mol. The van der Waals surface area contributed by atoms with Gasteiger partial charge in [0.2, 0.25) is 0 Å². The third-order valence-electron chi connectivity index (χ3n) is 1.77. The fourth-order valence-corrected chi connectivity index (χ4v) is 1.65. The highest BCUT2D eigenvalue weighted by Crippen LogP contribution is 2.25. The fourth-order valence-electron chi connectivity index (χ4n) is 1.04. The smallest absolute Gasteiger partial charge is 0.264 e. The van der Waals surface area contributed by atoms with Crippen LogP contribution in [0.5, 0.6) is 0 Å². The van der Waals surface area contributed by atoms with Gasteiger partial charge >= 0.3 is 0 Å². The first-order valence-corrected chi connectivity index (χ1v) is 5.99. The molecule has 0 saturated heterocycles. The van der Waals surface area contributed by atoms with Crippen molar-refractivity contribution in [3.05, 3.63) is 28.2 Å². The lowest BCUT2D eigenvalue weighted by Crippen LogP contribution is -2.45. The van der Waals surface area contributed by atoms with Crippen molar-refractivity contribution in [3.8, 4) is 0 Å². The second-order valence-corrected chi connectivity index (χ2v) is 4.44. The van der Waals surface area contributed by atoms with Crippen LogP contribution in [0, 0.1) is 0 Å². The van der Waals surface area contributed by atoms with Gasteiger partial charge in [0.25, 0.3) is 5.91 Å². The molecule has 1 aromatic carbocycles. The molecule has 98 valence electrons. The van der Waals surface area contributed by atoms with Gasteiger partial charge < -0.3 is 10.1 Å². The summed E-state index contributed by atoms with van der Waals surface area (Å²) in [5, 5.41) is 3.96. The van der Waals surface area contributed by atoms with E-state index in [1.165, 1.54) is 7.11 Å². The molecule has 0 fully saturated rings. The number of anilines is 1. The van der Waals surface area contributed by atoms with Gasteiger partial charge in [-0.1, -0.05) is 23.2 Å². The minimum atomic E-state index is -0.344. The van der Waals surface area contributed by atoms with Gasteiger partial charge in [-0.25, -0.2) is 0 Å². The number of carbonyl (C=O) groups is 1. The molecule has 1 amide bonds. The van der Waals surface area contributed by atoms with Crippen LogP contribution in [0.3, 0.4) is 0 Å². The Morgan fingerprint density at radius 1 is 1.39 bits per heavy atom. The van der Waals surface area contributed by atoms with E-state index < -0.39 is 0 Å². The number of amides is 1. The van der Waals surface area contributed by atoms with Crippen LogP contribution in [0.4, 0.5) is 5.69 Å². The molecule has 0 heterocycles. The zero-order valence-corrected chi connectivity index (χ0v) is 11.7. The third-order valence-corrected chi connectivity index (χ3v) is 2.52. The molecule has 0 bridgehead atoms. The molecule has 0 saturated carbocycles.